The number of aliphatic carboxylic acids is 1. The minimum Gasteiger partial charge on any atom is -0.504 e. The van der Waals surface area contributed by atoms with Crippen molar-refractivity contribution in [2.75, 3.05) is 11.2 Å². The average Bonchev–Trinajstić information content (AvgIpc) is 2.29. The summed E-state index contributed by atoms with van der Waals surface area (Å²) >= 11 is 1.95. The summed E-state index contributed by atoms with van der Waals surface area (Å²) in [6.45, 7) is -0.456. The second-order valence-electron chi connectivity index (χ2n) is 3.01. The Morgan fingerprint density at radius 3 is 2.71 bits per heavy atom. The van der Waals surface area contributed by atoms with Crippen molar-refractivity contribution in [3.05, 3.63) is 23.8 Å². The molecule has 1 amide bonds. The van der Waals surface area contributed by atoms with Crippen LogP contribution in [0.3, 0.4) is 0 Å². The normalized spacial score (nSPS) is 9.71. The van der Waals surface area contributed by atoms with Crippen LogP contribution in [0.15, 0.2) is 18.2 Å². The van der Waals surface area contributed by atoms with Crippen molar-refractivity contribution in [2.24, 2.45) is 0 Å². The number of hydrogen-bond acceptors (Lipinski definition) is 4. The molecule has 0 spiro atoms. The molecule has 0 heterocycles. The van der Waals surface area contributed by atoms with Crippen molar-refractivity contribution in [1.82, 2.24) is 5.32 Å². The lowest BCUT2D eigenvalue weighted by Crippen LogP contribution is -2.29. The smallest absolute Gasteiger partial charge is 0.322 e. The number of aromatic hydroxyl groups is 1. The maximum Gasteiger partial charge on any atom is 0.322 e. The Morgan fingerprint density at radius 1 is 1.41 bits per heavy atom. The van der Waals surface area contributed by atoms with E-state index in [1.54, 1.807) is 0 Å². The Labute approximate surface area is 111 Å². The number of carbonyl (C=O) groups excluding carboxylic acids is 1. The molecule has 0 bridgehead atoms. The maximum absolute atomic E-state index is 11.5. The Bertz CT molecular complexity index is 435. The number of ether oxygens (including phenoxy) is 1. The van der Waals surface area contributed by atoms with Gasteiger partial charge in [-0.25, -0.2) is 0 Å². The molecule has 0 aliphatic heterocycles. The van der Waals surface area contributed by atoms with E-state index in [2.05, 4.69) is 5.32 Å². The predicted molar refractivity (Wildman–Crippen MR) is 67.6 cm³/mol. The number of rotatable bonds is 5. The highest BCUT2D eigenvalue weighted by atomic mass is 127. The molecule has 0 radical (unpaired) electrons. The molecule has 7 heteroatoms. The topological polar surface area (TPSA) is 95.9 Å². The minimum absolute atomic E-state index is 0.0727. The second kappa shape index (κ2) is 6.28. The van der Waals surface area contributed by atoms with Gasteiger partial charge in [-0.15, -0.1) is 0 Å². The Morgan fingerprint density at radius 2 is 2.12 bits per heavy atom. The number of nitrogens with one attached hydrogen (secondary N) is 1. The Balaban J connectivity index is 2.80. The molecule has 3 N–H and O–H groups in total. The van der Waals surface area contributed by atoms with Crippen LogP contribution in [-0.2, 0) is 4.79 Å². The zero-order chi connectivity index (χ0) is 12.8. The third kappa shape index (κ3) is 4.10. The van der Waals surface area contributed by atoms with E-state index < -0.39 is 18.4 Å². The highest BCUT2D eigenvalue weighted by molar-refractivity contribution is 14.1. The summed E-state index contributed by atoms with van der Waals surface area (Å²) < 4.78 is 5.42. The standard InChI is InChI=1S/C10H10INO5/c11-5-17-8-3-6(1-2-7(8)13)10(16)12-4-9(14)15/h1-3,13H,4-5H2,(H,12,16)(H,14,15). The van der Waals surface area contributed by atoms with E-state index in [1.807, 2.05) is 22.6 Å². The van der Waals surface area contributed by atoms with Gasteiger partial charge in [0, 0.05) is 5.56 Å². The van der Waals surface area contributed by atoms with Gasteiger partial charge in [0.05, 0.1) is 0 Å². The van der Waals surface area contributed by atoms with Gasteiger partial charge in [0.25, 0.3) is 5.91 Å². The first-order chi connectivity index (χ1) is 8.04. The highest BCUT2D eigenvalue weighted by Crippen LogP contribution is 2.27. The largest absolute Gasteiger partial charge is 0.504 e. The number of alkyl halides is 1. The van der Waals surface area contributed by atoms with Crippen LogP contribution in [0, 0.1) is 0 Å². The minimum atomic E-state index is -1.12. The zero-order valence-electron chi connectivity index (χ0n) is 8.64. The van der Waals surface area contributed by atoms with Crippen LogP contribution in [0.4, 0.5) is 0 Å². The molecule has 0 saturated heterocycles. The summed E-state index contributed by atoms with van der Waals surface area (Å²) in [6, 6.07) is 4.05. The summed E-state index contributed by atoms with van der Waals surface area (Å²) in [5.41, 5.74) is 0.226. The Hall–Kier alpha value is -1.51. The third-order valence-corrected chi connectivity index (χ3v) is 2.14. The number of amides is 1. The molecule has 0 atom stereocenters. The van der Waals surface area contributed by atoms with Gasteiger partial charge in [-0.3, -0.25) is 9.59 Å². The number of benzene rings is 1. The average molecular weight is 351 g/mol. The number of halogens is 1. The van der Waals surface area contributed by atoms with Gasteiger partial charge in [0.1, 0.15) is 11.2 Å². The van der Waals surface area contributed by atoms with E-state index in [9.17, 15) is 14.7 Å². The monoisotopic (exact) mass is 351 g/mol. The maximum atomic E-state index is 11.5. The van der Waals surface area contributed by atoms with E-state index in [1.165, 1.54) is 18.2 Å². The molecule has 0 unspecified atom stereocenters. The summed E-state index contributed by atoms with van der Waals surface area (Å²) in [5.74, 6) is -1.55. The SMILES string of the molecule is O=C(O)CNC(=O)c1ccc(O)c(OCI)c1. The van der Waals surface area contributed by atoms with Crippen LogP contribution >= 0.6 is 22.6 Å². The molecule has 0 aliphatic carbocycles. The van der Waals surface area contributed by atoms with Crippen LogP contribution < -0.4 is 10.1 Å². The van der Waals surface area contributed by atoms with Crippen molar-refractivity contribution in [1.29, 1.82) is 0 Å². The first-order valence-corrected chi connectivity index (χ1v) is 6.09. The molecule has 17 heavy (non-hydrogen) atoms. The predicted octanol–water partition coefficient (Wildman–Crippen LogP) is 0.978. The summed E-state index contributed by atoms with van der Waals surface area (Å²) in [5, 5.41) is 20.0. The second-order valence-corrected chi connectivity index (χ2v) is 3.64. The van der Waals surface area contributed by atoms with Crippen molar-refractivity contribution in [3.63, 3.8) is 0 Å². The Kier molecular flexibility index (Phi) is 5.01. The summed E-state index contributed by atoms with van der Waals surface area (Å²) in [4.78, 5) is 21.8. The van der Waals surface area contributed by atoms with Gasteiger partial charge in [-0.05, 0) is 40.8 Å². The van der Waals surface area contributed by atoms with Crippen molar-refractivity contribution in [2.45, 2.75) is 0 Å². The fraction of sp³-hybridized carbons (Fsp3) is 0.200. The van der Waals surface area contributed by atoms with Crippen LogP contribution in [0.25, 0.3) is 0 Å². The van der Waals surface area contributed by atoms with Crippen molar-refractivity contribution in [3.8, 4) is 11.5 Å². The fourth-order valence-electron chi connectivity index (χ4n) is 1.09. The molecule has 0 aliphatic rings. The molecule has 0 aromatic heterocycles. The highest BCUT2D eigenvalue weighted by Gasteiger charge is 2.10. The number of carboxylic acid groups (broad SMARTS) is 1. The molecule has 0 saturated carbocycles. The van der Waals surface area contributed by atoms with E-state index in [-0.39, 0.29) is 17.1 Å². The molecule has 0 fully saturated rings. The van der Waals surface area contributed by atoms with Gasteiger partial charge in [0.2, 0.25) is 0 Å². The molecule has 92 valence electrons. The van der Waals surface area contributed by atoms with Gasteiger partial charge < -0.3 is 20.3 Å². The lowest BCUT2D eigenvalue weighted by Gasteiger charge is -2.07. The summed E-state index contributed by atoms with van der Waals surface area (Å²) in [7, 11) is 0. The van der Waals surface area contributed by atoms with Gasteiger partial charge in [-0.1, -0.05) is 0 Å². The number of carboxylic acids is 1. The lowest BCUT2D eigenvalue weighted by atomic mass is 10.2. The van der Waals surface area contributed by atoms with Gasteiger partial charge in [-0.2, -0.15) is 0 Å². The first kappa shape index (κ1) is 13.6. The molecule has 1 rings (SSSR count). The number of phenolic OH excluding ortho intramolecular Hbond substituents is 1. The fourth-order valence-corrected chi connectivity index (χ4v) is 1.42. The molecule has 1 aromatic rings. The summed E-state index contributed by atoms with van der Waals surface area (Å²) in [6.07, 6.45) is 0. The molecule has 1 aromatic carbocycles. The zero-order valence-corrected chi connectivity index (χ0v) is 10.8. The van der Waals surface area contributed by atoms with Crippen LogP contribution in [0.1, 0.15) is 10.4 Å². The molecule has 6 nitrogen and oxygen atoms in total. The molecular weight excluding hydrogens is 341 g/mol. The van der Waals surface area contributed by atoms with E-state index >= 15 is 0 Å². The van der Waals surface area contributed by atoms with E-state index in [0.29, 0.717) is 4.61 Å². The van der Waals surface area contributed by atoms with Crippen molar-refractivity contribution >= 4 is 34.5 Å². The number of carbonyl (C=O) groups is 2. The first-order valence-electron chi connectivity index (χ1n) is 4.56. The van der Waals surface area contributed by atoms with Gasteiger partial charge >= 0.3 is 5.97 Å². The quantitative estimate of drug-likeness (QED) is 0.543. The van der Waals surface area contributed by atoms with Crippen LogP contribution in [-0.4, -0.2) is 33.2 Å². The van der Waals surface area contributed by atoms with Crippen molar-refractivity contribution < 1.29 is 24.5 Å². The third-order valence-electron chi connectivity index (χ3n) is 1.83. The van der Waals surface area contributed by atoms with Crippen LogP contribution in [0.5, 0.6) is 11.5 Å². The number of phenols is 1. The number of hydrogen-bond donors (Lipinski definition) is 3. The lowest BCUT2D eigenvalue weighted by molar-refractivity contribution is -0.135. The molecular formula is C10H10INO5. The van der Waals surface area contributed by atoms with E-state index in [0.717, 1.165) is 0 Å². The van der Waals surface area contributed by atoms with Crippen LogP contribution in [0.2, 0.25) is 0 Å². The van der Waals surface area contributed by atoms with Gasteiger partial charge in [0.15, 0.2) is 11.5 Å². The van der Waals surface area contributed by atoms with E-state index in [4.69, 9.17) is 9.84 Å².